The fraction of sp³-hybridized carbons (Fsp3) is 0.105. The van der Waals surface area contributed by atoms with Crippen molar-refractivity contribution in [1.82, 2.24) is 4.98 Å². The summed E-state index contributed by atoms with van der Waals surface area (Å²) in [6, 6.07) is 17.1. The SMILES string of the molecule is COc1ccc(COc2cc(Br)cc(Oc3cccnc3)c2)cc1. The smallest absolute Gasteiger partial charge is 0.145 e. The number of aromatic nitrogens is 1. The van der Waals surface area contributed by atoms with Crippen molar-refractivity contribution in [2.24, 2.45) is 0 Å². The number of hydrogen-bond donors (Lipinski definition) is 0. The molecule has 0 fully saturated rings. The number of halogens is 1. The molecule has 0 N–H and O–H groups in total. The lowest BCUT2D eigenvalue weighted by Gasteiger charge is -2.10. The van der Waals surface area contributed by atoms with E-state index in [1.54, 1.807) is 19.5 Å². The summed E-state index contributed by atoms with van der Waals surface area (Å²) >= 11 is 3.48. The average molecular weight is 386 g/mol. The largest absolute Gasteiger partial charge is 0.497 e. The Labute approximate surface area is 149 Å². The van der Waals surface area contributed by atoms with Gasteiger partial charge in [-0.05, 0) is 42.0 Å². The summed E-state index contributed by atoms with van der Waals surface area (Å²) in [5.41, 5.74) is 1.06. The lowest BCUT2D eigenvalue weighted by Crippen LogP contribution is -1.96. The van der Waals surface area contributed by atoms with E-state index in [4.69, 9.17) is 14.2 Å². The van der Waals surface area contributed by atoms with Crippen LogP contribution in [0.4, 0.5) is 0 Å². The quantitative estimate of drug-likeness (QED) is 0.582. The van der Waals surface area contributed by atoms with Crippen molar-refractivity contribution in [3.8, 4) is 23.0 Å². The summed E-state index contributed by atoms with van der Waals surface area (Å²) in [5.74, 6) is 2.91. The van der Waals surface area contributed by atoms with Gasteiger partial charge in [0.2, 0.25) is 0 Å². The molecule has 0 aliphatic carbocycles. The Bertz CT molecular complexity index is 791. The maximum atomic E-state index is 5.86. The number of benzene rings is 2. The monoisotopic (exact) mass is 385 g/mol. The predicted octanol–water partition coefficient (Wildman–Crippen LogP) is 5.22. The van der Waals surface area contributed by atoms with E-state index >= 15 is 0 Å². The highest BCUT2D eigenvalue weighted by Gasteiger charge is 2.04. The van der Waals surface area contributed by atoms with Gasteiger partial charge in [0.1, 0.15) is 29.6 Å². The molecule has 0 saturated carbocycles. The molecule has 0 amide bonds. The van der Waals surface area contributed by atoms with Crippen LogP contribution in [0.25, 0.3) is 0 Å². The van der Waals surface area contributed by atoms with Gasteiger partial charge in [0.25, 0.3) is 0 Å². The Morgan fingerprint density at radius 3 is 2.42 bits per heavy atom. The zero-order chi connectivity index (χ0) is 16.8. The van der Waals surface area contributed by atoms with E-state index in [2.05, 4.69) is 20.9 Å². The Morgan fingerprint density at radius 2 is 1.71 bits per heavy atom. The van der Waals surface area contributed by atoms with Crippen LogP contribution in [0.2, 0.25) is 0 Å². The maximum absolute atomic E-state index is 5.86. The second-order valence-corrected chi connectivity index (χ2v) is 5.97. The molecule has 1 aromatic heterocycles. The molecule has 5 heteroatoms. The maximum Gasteiger partial charge on any atom is 0.145 e. The lowest BCUT2D eigenvalue weighted by atomic mass is 10.2. The normalized spacial score (nSPS) is 10.2. The van der Waals surface area contributed by atoms with E-state index < -0.39 is 0 Å². The minimum absolute atomic E-state index is 0.465. The summed E-state index contributed by atoms with van der Waals surface area (Å²) in [7, 11) is 1.65. The first-order valence-electron chi connectivity index (χ1n) is 7.37. The second-order valence-electron chi connectivity index (χ2n) is 5.05. The van der Waals surface area contributed by atoms with Crippen LogP contribution in [0.3, 0.4) is 0 Å². The molecule has 0 saturated heterocycles. The minimum atomic E-state index is 0.465. The van der Waals surface area contributed by atoms with E-state index in [0.717, 1.165) is 21.5 Å². The highest BCUT2D eigenvalue weighted by Crippen LogP contribution is 2.30. The summed E-state index contributed by atoms with van der Waals surface area (Å²) < 4.78 is 17.7. The van der Waals surface area contributed by atoms with Crippen LogP contribution in [0.5, 0.6) is 23.0 Å². The minimum Gasteiger partial charge on any atom is -0.497 e. The van der Waals surface area contributed by atoms with Crippen LogP contribution >= 0.6 is 15.9 Å². The number of ether oxygens (including phenoxy) is 3. The molecule has 4 nitrogen and oxygen atoms in total. The molecule has 0 radical (unpaired) electrons. The van der Waals surface area contributed by atoms with Crippen molar-refractivity contribution in [3.05, 3.63) is 77.0 Å². The first kappa shape index (κ1) is 16.3. The Morgan fingerprint density at radius 1 is 0.917 bits per heavy atom. The molecular weight excluding hydrogens is 370 g/mol. The van der Waals surface area contributed by atoms with Gasteiger partial charge in [0.15, 0.2) is 0 Å². The third-order valence-corrected chi connectivity index (χ3v) is 3.74. The van der Waals surface area contributed by atoms with Crippen LogP contribution in [-0.4, -0.2) is 12.1 Å². The third kappa shape index (κ3) is 4.49. The van der Waals surface area contributed by atoms with Crippen molar-refractivity contribution < 1.29 is 14.2 Å². The van der Waals surface area contributed by atoms with Crippen molar-refractivity contribution in [2.75, 3.05) is 7.11 Å². The van der Waals surface area contributed by atoms with Crippen LogP contribution in [-0.2, 0) is 6.61 Å². The number of pyridine rings is 1. The molecule has 0 aliphatic rings. The van der Waals surface area contributed by atoms with Crippen LogP contribution < -0.4 is 14.2 Å². The second kappa shape index (κ2) is 7.84. The van der Waals surface area contributed by atoms with Gasteiger partial charge in [-0.15, -0.1) is 0 Å². The summed E-state index contributed by atoms with van der Waals surface area (Å²) in [6.07, 6.45) is 3.37. The van der Waals surface area contributed by atoms with E-state index in [9.17, 15) is 0 Å². The Hall–Kier alpha value is -2.53. The van der Waals surface area contributed by atoms with Gasteiger partial charge >= 0.3 is 0 Å². The zero-order valence-electron chi connectivity index (χ0n) is 13.1. The van der Waals surface area contributed by atoms with Gasteiger partial charge in [0, 0.05) is 16.7 Å². The third-order valence-electron chi connectivity index (χ3n) is 3.28. The van der Waals surface area contributed by atoms with Gasteiger partial charge < -0.3 is 14.2 Å². The van der Waals surface area contributed by atoms with Crippen molar-refractivity contribution in [2.45, 2.75) is 6.61 Å². The molecule has 122 valence electrons. The number of nitrogens with zero attached hydrogens (tertiary/aromatic N) is 1. The number of hydrogen-bond acceptors (Lipinski definition) is 4. The number of methoxy groups -OCH3 is 1. The van der Waals surface area contributed by atoms with E-state index in [0.29, 0.717) is 18.1 Å². The lowest BCUT2D eigenvalue weighted by molar-refractivity contribution is 0.304. The summed E-state index contributed by atoms with van der Waals surface area (Å²) in [6.45, 7) is 0.465. The van der Waals surface area contributed by atoms with Crippen molar-refractivity contribution in [1.29, 1.82) is 0 Å². The van der Waals surface area contributed by atoms with Gasteiger partial charge in [0.05, 0.1) is 13.3 Å². The summed E-state index contributed by atoms with van der Waals surface area (Å²) in [5, 5.41) is 0. The average Bonchev–Trinajstić information content (AvgIpc) is 2.61. The molecule has 0 aliphatic heterocycles. The molecule has 1 heterocycles. The van der Waals surface area contributed by atoms with Crippen LogP contribution in [0.15, 0.2) is 71.5 Å². The molecule has 3 rings (SSSR count). The molecular formula is C19H16BrNO3. The zero-order valence-corrected chi connectivity index (χ0v) is 14.7. The van der Waals surface area contributed by atoms with Crippen LogP contribution in [0.1, 0.15) is 5.56 Å². The van der Waals surface area contributed by atoms with Crippen molar-refractivity contribution in [3.63, 3.8) is 0 Å². The van der Waals surface area contributed by atoms with E-state index in [-0.39, 0.29) is 0 Å². The van der Waals surface area contributed by atoms with Gasteiger partial charge in [-0.1, -0.05) is 28.1 Å². The molecule has 3 aromatic rings. The standard InChI is InChI=1S/C19H16BrNO3/c1-22-16-6-4-14(5-7-16)13-23-18-9-15(20)10-19(11-18)24-17-3-2-8-21-12-17/h2-12H,13H2,1H3. The highest BCUT2D eigenvalue weighted by molar-refractivity contribution is 9.10. The van der Waals surface area contributed by atoms with E-state index in [1.807, 2.05) is 54.6 Å². The fourth-order valence-corrected chi connectivity index (χ4v) is 2.56. The topological polar surface area (TPSA) is 40.6 Å². The Balaban J connectivity index is 1.69. The van der Waals surface area contributed by atoms with Crippen molar-refractivity contribution >= 4 is 15.9 Å². The molecule has 0 atom stereocenters. The van der Waals surface area contributed by atoms with E-state index in [1.165, 1.54) is 0 Å². The highest BCUT2D eigenvalue weighted by atomic mass is 79.9. The van der Waals surface area contributed by atoms with Crippen LogP contribution in [0, 0.1) is 0 Å². The molecule has 0 bridgehead atoms. The van der Waals surface area contributed by atoms with Gasteiger partial charge in [-0.2, -0.15) is 0 Å². The fourth-order valence-electron chi connectivity index (χ4n) is 2.11. The molecule has 0 unspecified atom stereocenters. The van der Waals surface area contributed by atoms with Gasteiger partial charge in [-0.3, -0.25) is 4.98 Å². The molecule has 24 heavy (non-hydrogen) atoms. The predicted molar refractivity (Wildman–Crippen MR) is 95.8 cm³/mol. The Kier molecular flexibility index (Phi) is 5.33. The molecule has 2 aromatic carbocycles. The first-order valence-corrected chi connectivity index (χ1v) is 8.16. The number of rotatable bonds is 6. The summed E-state index contributed by atoms with van der Waals surface area (Å²) in [4.78, 5) is 4.04. The molecule has 0 spiro atoms. The first-order chi connectivity index (χ1) is 11.7. The van der Waals surface area contributed by atoms with Gasteiger partial charge in [-0.25, -0.2) is 0 Å².